The Morgan fingerprint density at radius 2 is 1.62 bits per heavy atom. The van der Waals surface area contributed by atoms with Crippen molar-refractivity contribution >= 4 is 29.7 Å². The van der Waals surface area contributed by atoms with Gasteiger partial charge in [-0.25, -0.2) is 0 Å². The fourth-order valence-electron chi connectivity index (χ4n) is 1.43. The Balaban J connectivity index is 0.00000128. The maximum absolute atomic E-state index is 5.83. The molecule has 0 saturated heterocycles. The summed E-state index contributed by atoms with van der Waals surface area (Å²) in [5, 5.41) is 0.742. The highest BCUT2D eigenvalue weighted by molar-refractivity contribution is 6.30. The smallest absolute Gasteiger partial charge is 0.0491 e. The topological polar surface area (TPSA) is 38.0 Å². The van der Waals surface area contributed by atoms with Crippen LogP contribution in [-0.2, 0) is 0 Å². The summed E-state index contributed by atoms with van der Waals surface area (Å²) in [6.07, 6.45) is 0. The molecule has 0 aliphatic carbocycles. The standard InChI is InChI=1S/C12H11ClN2.ClH/c13-11-6-4-9(5-7-11)10-2-1-3-12(8-10)15-14;/h1-8,15H,14H2;1H. The van der Waals surface area contributed by atoms with Crippen molar-refractivity contribution in [3.63, 3.8) is 0 Å². The van der Waals surface area contributed by atoms with Crippen molar-refractivity contribution in [3.8, 4) is 11.1 Å². The van der Waals surface area contributed by atoms with Crippen LogP contribution in [0.3, 0.4) is 0 Å². The van der Waals surface area contributed by atoms with Crippen LogP contribution in [0.2, 0.25) is 5.02 Å². The monoisotopic (exact) mass is 254 g/mol. The van der Waals surface area contributed by atoms with Gasteiger partial charge in [0.1, 0.15) is 0 Å². The third-order valence-corrected chi connectivity index (χ3v) is 2.46. The van der Waals surface area contributed by atoms with Crippen molar-refractivity contribution in [2.24, 2.45) is 5.84 Å². The van der Waals surface area contributed by atoms with E-state index in [0.29, 0.717) is 0 Å². The summed E-state index contributed by atoms with van der Waals surface area (Å²) in [7, 11) is 0. The predicted octanol–water partition coefficient (Wildman–Crippen LogP) is 3.71. The normalized spacial score (nSPS) is 9.38. The summed E-state index contributed by atoms with van der Waals surface area (Å²) in [6, 6.07) is 15.6. The lowest BCUT2D eigenvalue weighted by Gasteiger charge is -2.04. The number of nitrogens with one attached hydrogen (secondary N) is 1. The Labute approximate surface area is 106 Å². The first-order valence-electron chi connectivity index (χ1n) is 4.62. The molecule has 0 bridgehead atoms. The van der Waals surface area contributed by atoms with E-state index in [2.05, 4.69) is 5.43 Å². The van der Waals surface area contributed by atoms with E-state index in [1.54, 1.807) is 0 Å². The third-order valence-electron chi connectivity index (χ3n) is 2.21. The molecule has 0 aliphatic heterocycles. The molecule has 4 heteroatoms. The van der Waals surface area contributed by atoms with Crippen LogP contribution >= 0.6 is 24.0 Å². The lowest BCUT2D eigenvalue weighted by atomic mass is 10.1. The van der Waals surface area contributed by atoms with Gasteiger partial charge in [0.2, 0.25) is 0 Å². The van der Waals surface area contributed by atoms with Crippen LogP contribution in [0.5, 0.6) is 0 Å². The van der Waals surface area contributed by atoms with Crippen LogP contribution in [0.4, 0.5) is 5.69 Å². The van der Waals surface area contributed by atoms with Gasteiger partial charge in [0.05, 0.1) is 0 Å². The molecule has 2 aromatic carbocycles. The van der Waals surface area contributed by atoms with Gasteiger partial charge in [0.25, 0.3) is 0 Å². The van der Waals surface area contributed by atoms with Crippen molar-refractivity contribution in [3.05, 3.63) is 53.6 Å². The van der Waals surface area contributed by atoms with E-state index in [-0.39, 0.29) is 12.4 Å². The minimum atomic E-state index is 0. The van der Waals surface area contributed by atoms with Crippen LogP contribution in [0.15, 0.2) is 48.5 Å². The summed E-state index contributed by atoms with van der Waals surface area (Å²) < 4.78 is 0. The molecule has 0 heterocycles. The Morgan fingerprint density at radius 3 is 2.25 bits per heavy atom. The van der Waals surface area contributed by atoms with Gasteiger partial charge in [-0.1, -0.05) is 35.9 Å². The zero-order valence-corrected chi connectivity index (χ0v) is 10.1. The van der Waals surface area contributed by atoms with Crippen molar-refractivity contribution in [1.82, 2.24) is 0 Å². The van der Waals surface area contributed by atoms with Crippen molar-refractivity contribution in [2.45, 2.75) is 0 Å². The van der Waals surface area contributed by atoms with E-state index in [1.807, 2.05) is 48.5 Å². The maximum Gasteiger partial charge on any atom is 0.0491 e. The number of benzene rings is 2. The van der Waals surface area contributed by atoms with E-state index in [9.17, 15) is 0 Å². The van der Waals surface area contributed by atoms with Crippen molar-refractivity contribution in [1.29, 1.82) is 0 Å². The molecule has 0 saturated carbocycles. The lowest BCUT2D eigenvalue weighted by molar-refractivity contribution is 1.35. The highest BCUT2D eigenvalue weighted by atomic mass is 35.5. The van der Waals surface area contributed by atoms with Gasteiger partial charge in [-0.15, -0.1) is 12.4 Å². The summed E-state index contributed by atoms with van der Waals surface area (Å²) >= 11 is 5.83. The summed E-state index contributed by atoms with van der Waals surface area (Å²) in [6.45, 7) is 0. The Morgan fingerprint density at radius 1 is 0.938 bits per heavy atom. The highest BCUT2D eigenvalue weighted by Crippen LogP contribution is 2.23. The number of rotatable bonds is 2. The van der Waals surface area contributed by atoms with Gasteiger partial charge in [-0.2, -0.15) is 0 Å². The highest BCUT2D eigenvalue weighted by Gasteiger charge is 1.98. The van der Waals surface area contributed by atoms with Crippen LogP contribution < -0.4 is 11.3 Å². The van der Waals surface area contributed by atoms with Crippen LogP contribution in [0, 0.1) is 0 Å². The molecule has 0 atom stereocenters. The second-order valence-corrected chi connectivity index (χ2v) is 3.67. The average Bonchev–Trinajstić information content (AvgIpc) is 2.30. The molecule has 84 valence electrons. The van der Waals surface area contributed by atoms with Gasteiger partial charge in [0.15, 0.2) is 0 Å². The largest absolute Gasteiger partial charge is 0.324 e. The Bertz CT molecular complexity index is 455. The lowest BCUT2D eigenvalue weighted by Crippen LogP contribution is -2.06. The van der Waals surface area contributed by atoms with Crippen LogP contribution in [0.25, 0.3) is 11.1 Å². The first-order chi connectivity index (χ1) is 7.29. The van der Waals surface area contributed by atoms with Gasteiger partial charge >= 0.3 is 0 Å². The zero-order valence-electron chi connectivity index (χ0n) is 8.48. The Hall–Kier alpha value is -1.22. The molecule has 0 amide bonds. The molecular formula is C12H12Cl2N2. The number of halogens is 2. The number of nitrogen functional groups attached to an aromatic ring is 1. The number of hydrazine groups is 1. The maximum atomic E-state index is 5.83. The average molecular weight is 255 g/mol. The number of hydrogen-bond acceptors (Lipinski definition) is 2. The molecule has 0 unspecified atom stereocenters. The second-order valence-electron chi connectivity index (χ2n) is 3.23. The molecule has 0 aromatic heterocycles. The molecule has 2 rings (SSSR count). The summed E-state index contributed by atoms with van der Waals surface area (Å²) in [5.74, 6) is 5.35. The second kappa shape index (κ2) is 5.75. The van der Waals surface area contributed by atoms with Crippen molar-refractivity contribution < 1.29 is 0 Å². The number of hydrogen-bond donors (Lipinski definition) is 2. The van der Waals surface area contributed by atoms with E-state index in [4.69, 9.17) is 17.4 Å². The first-order valence-corrected chi connectivity index (χ1v) is 5.00. The fourth-order valence-corrected chi connectivity index (χ4v) is 1.56. The van der Waals surface area contributed by atoms with E-state index in [1.165, 1.54) is 0 Å². The molecule has 0 spiro atoms. The first kappa shape index (κ1) is 12.8. The van der Waals surface area contributed by atoms with E-state index >= 15 is 0 Å². The van der Waals surface area contributed by atoms with E-state index < -0.39 is 0 Å². The minimum absolute atomic E-state index is 0. The summed E-state index contributed by atoms with van der Waals surface area (Å²) in [5.41, 5.74) is 5.75. The predicted molar refractivity (Wildman–Crippen MR) is 71.9 cm³/mol. The van der Waals surface area contributed by atoms with Crippen LogP contribution in [-0.4, -0.2) is 0 Å². The minimum Gasteiger partial charge on any atom is -0.324 e. The number of nitrogens with two attached hydrogens (primary N) is 1. The third kappa shape index (κ3) is 2.89. The van der Waals surface area contributed by atoms with E-state index in [0.717, 1.165) is 21.8 Å². The van der Waals surface area contributed by atoms with Gasteiger partial charge in [0, 0.05) is 10.7 Å². The number of anilines is 1. The van der Waals surface area contributed by atoms with Gasteiger partial charge in [-0.05, 0) is 35.4 Å². The van der Waals surface area contributed by atoms with Gasteiger partial charge in [-0.3, -0.25) is 5.84 Å². The van der Waals surface area contributed by atoms with Gasteiger partial charge < -0.3 is 5.43 Å². The quantitative estimate of drug-likeness (QED) is 0.634. The molecule has 2 nitrogen and oxygen atoms in total. The van der Waals surface area contributed by atoms with Crippen molar-refractivity contribution in [2.75, 3.05) is 5.43 Å². The molecule has 2 aromatic rings. The molecule has 0 radical (unpaired) electrons. The summed E-state index contributed by atoms with van der Waals surface area (Å²) in [4.78, 5) is 0. The molecular weight excluding hydrogens is 243 g/mol. The van der Waals surface area contributed by atoms with Crippen LogP contribution in [0.1, 0.15) is 0 Å². The molecule has 3 N–H and O–H groups in total. The molecule has 16 heavy (non-hydrogen) atoms. The fraction of sp³-hybridized carbons (Fsp3) is 0. The Kier molecular flexibility index (Phi) is 4.62. The zero-order chi connectivity index (χ0) is 10.7. The SMILES string of the molecule is Cl.NNc1cccc(-c2ccc(Cl)cc2)c1. The molecule has 0 fully saturated rings. The molecule has 0 aliphatic rings.